The second-order valence-corrected chi connectivity index (χ2v) is 6.62. The number of hydrogen-bond donors (Lipinski definition) is 1. The van der Waals surface area contributed by atoms with Crippen molar-refractivity contribution in [2.45, 2.75) is 35.8 Å². The molecule has 0 saturated carbocycles. The van der Waals surface area contributed by atoms with Crippen LogP contribution in [0.15, 0.2) is 33.7 Å². The van der Waals surface area contributed by atoms with E-state index in [0.29, 0.717) is 11.6 Å². The fraction of sp³-hybridized carbons (Fsp3) is 0.467. The van der Waals surface area contributed by atoms with Crippen molar-refractivity contribution in [2.75, 3.05) is 13.1 Å². The Morgan fingerprint density at radius 3 is 2.71 bits per heavy atom. The molecule has 2 heterocycles. The van der Waals surface area contributed by atoms with Crippen LogP contribution in [-0.4, -0.2) is 23.2 Å². The molecule has 0 bridgehead atoms. The van der Waals surface area contributed by atoms with Crippen molar-refractivity contribution in [1.29, 1.82) is 0 Å². The van der Waals surface area contributed by atoms with Gasteiger partial charge < -0.3 is 9.84 Å². The summed E-state index contributed by atoms with van der Waals surface area (Å²) >= 11 is 1.58. The molecule has 0 atom stereocenters. The average molecular weight is 307 g/mol. The Kier molecular flexibility index (Phi) is 4.26. The van der Waals surface area contributed by atoms with Crippen LogP contribution in [0.1, 0.15) is 31.5 Å². The Morgan fingerprint density at radius 2 is 2.00 bits per heavy atom. The number of hydrogen-bond acceptors (Lipinski definition) is 5. The first kappa shape index (κ1) is 14.5. The van der Waals surface area contributed by atoms with Crippen molar-refractivity contribution in [3.8, 4) is 0 Å². The normalized spacial score (nSPS) is 17.8. The first-order valence-electron chi connectivity index (χ1n) is 7.08. The van der Waals surface area contributed by atoms with Gasteiger partial charge in [-0.25, -0.2) is 4.39 Å². The molecule has 4 nitrogen and oxygen atoms in total. The van der Waals surface area contributed by atoms with Crippen LogP contribution < -0.4 is 5.32 Å². The molecule has 0 radical (unpaired) electrons. The first-order valence-corrected chi connectivity index (χ1v) is 8.06. The number of nitrogens with zero attached hydrogens (tertiary/aromatic N) is 2. The summed E-state index contributed by atoms with van der Waals surface area (Å²) in [6.45, 7) is 4.15. The lowest BCUT2D eigenvalue weighted by atomic mass is 9.81. The minimum absolute atomic E-state index is 0.0168. The molecule has 1 aromatic heterocycles. The Morgan fingerprint density at radius 1 is 1.29 bits per heavy atom. The van der Waals surface area contributed by atoms with Gasteiger partial charge in [-0.15, -0.1) is 11.8 Å². The van der Waals surface area contributed by atoms with E-state index < -0.39 is 0 Å². The molecule has 1 fully saturated rings. The molecule has 2 aromatic rings. The van der Waals surface area contributed by atoms with Gasteiger partial charge in [-0.2, -0.15) is 4.98 Å². The molecular weight excluding hydrogens is 289 g/mol. The van der Waals surface area contributed by atoms with Crippen LogP contribution in [0.25, 0.3) is 0 Å². The number of thioether (sulfide) groups is 1. The van der Waals surface area contributed by atoms with Crippen LogP contribution in [0.2, 0.25) is 0 Å². The van der Waals surface area contributed by atoms with Crippen LogP contribution in [0.5, 0.6) is 0 Å². The summed E-state index contributed by atoms with van der Waals surface area (Å²) in [4.78, 5) is 5.53. The van der Waals surface area contributed by atoms with Gasteiger partial charge in [0, 0.05) is 10.3 Å². The molecule has 21 heavy (non-hydrogen) atoms. The van der Waals surface area contributed by atoms with Crippen molar-refractivity contribution in [1.82, 2.24) is 15.5 Å². The highest BCUT2D eigenvalue weighted by Gasteiger charge is 2.34. The third-order valence-electron chi connectivity index (χ3n) is 3.87. The van der Waals surface area contributed by atoms with Crippen molar-refractivity contribution >= 4 is 11.8 Å². The largest absolute Gasteiger partial charge is 0.339 e. The third kappa shape index (κ3) is 3.44. The number of rotatable bonds is 4. The molecule has 0 aliphatic carbocycles. The molecular formula is C15H18FN3OS. The highest BCUT2D eigenvalue weighted by molar-refractivity contribution is 7.98. The zero-order valence-electron chi connectivity index (χ0n) is 11.9. The van der Waals surface area contributed by atoms with Gasteiger partial charge in [-0.3, -0.25) is 0 Å². The van der Waals surface area contributed by atoms with Crippen molar-refractivity contribution in [2.24, 2.45) is 0 Å². The fourth-order valence-corrected chi connectivity index (χ4v) is 3.17. The van der Waals surface area contributed by atoms with Crippen LogP contribution >= 0.6 is 11.8 Å². The van der Waals surface area contributed by atoms with E-state index in [-0.39, 0.29) is 11.2 Å². The smallest absolute Gasteiger partial charge is 0.232 e. The molecule has 0 amide bonds. The lowest BCUT2D eigenvalue weighted by Crippen LogP contribution is -2.37. The maximum atomic E-state index is 12.8. The summed E-state index contributed by atoms with van der Waals surface area (Å²) in [5.74, 6) is 1.83. The monoisotopic (exact) mass is 307 g/mol. The minimum Gasteiger partial charge on any atom is -0.339 e. The summed E-state index contributed by atoms with van der Waals surface area (Å²) in [6, 6.07) is 6.43. The summed E-state index contributed by atoms with van der Waals surface area (Å²) in [7, 11) is 0. The van der Waals surface area contributed by atoms with E-state index in [1.165, 1.54) is 12.1 Å². The number of aromatic nitrogens is 2. The van der Waals surface area contributed by atoms with E-state index in [9.17, 15) is 4.39 Å². The van der Waals surface area contributed by atoms with Gasteiger partial charge in [-0.1, -0.05) is 12.1 Å². The average Bonchev–Trinajstić information content (AvgIpc) is 2.97. The molecule has 112 valence electrons. The molecule has 3 rings (SSSR count). The molecule has 1 aliphatic rings. The Labute approximate surface area is 127 Å². The second kappa shape index (κ2) is 6.15. The molecule has 0 spiro atoms. The minimum atomic E-state index is -0.222. The van der Waals surface area contributed by atoms with E-state index in [0.717, 1.165) is 36.7 Å². The van der Waals surface area contributed by atoms with Gasteiger partial charge in [0.05, 0.1) is 5.75 Å². The van der Waals surface area contributed by atoms with Gasteiger partial charge in [-0.05, 0) is 50.2 Å². The summed E-state index contributed by atoms with van der Waals surface area (Å²) < 4.78 is 18.3. The Hall–Kier alpha value is -1.40. The molecule has 1 N–H and O–H groups in total. The molecule has 1 aliphatic heterocycles. The van der Waals surface area contributed by atoms with E-state index in [2.05, 4.69) is 22.4 Å². The number of benzene rings is 1. The van der Waals surface area contributed by atoms with E-state index in [1.807, 2.05) is 0 Å². The third-order valence-corrected chi connectivity index (χ3v) is 4.88. The Bertz CT molecular complexity index is 593. The lowest BCUT2D eigenvalue weighted by molar-refractivity contribution is 0.240. The number of piperidine rings is 1. The van der Waals surface area contributed by atoms with Gasteiger partial charge in [0.15, 0.2) is 5.82 Å². The van der Waals surface area contributed by atoms with Gasteiger partial charge >= 0.3 is 0 Å². The lowest BCUT2D eigenvalue weighted by Gasteiger charge is -2.30. The standard InChI is InChI=1S/C15H18FN3OS/c1-15(6-8-17-9-7-15)14-18-13(19-20-14)10-21-12-4-2-11(16)3-5-12/h2-5,17H,6-10H2,1H3. The molecule has 1 saturated heterocycles. The SMILES string of the molecule is CC1(c2nc(CSc3ccc(F)cc3)no2)CCNCC1. The predicted octanol–water partition coefficient (Wildman–Crippen LogP) is 3.14. The fourth-order valence-electron chi connectivity index (χ4n) is 2.43. The number of nitrogens with one attached hydrogen (secondary N) is 1. The van der Waals surface area contributed by atoms with Crippen LogP contribution in [0.3, 0.4) is 0 Å². The Balaban J connectivity index is 1.63. The van der Waals surface area contributed by atoms with Crippen molar-refractivity contribution in [3.05, 3.63) is 41.8 Å². The predicted molar refractivity (Wildman–Crippen MR) is 79.7 cm³/mol. The van der Waals surface area contributed by atoms with Gasteiger partial charge in [0.25, 0.3) is 0 Å². The summed E-state index contributed by atoms with van der Waals surface area (Å²) in [5, 5.41) is 7.41. The van der Waals surface area contributed by atoms with Crippen LogP contribution in [-0.2, 0) is 11.2 Å². The number of halogens is 1. The maximum Gasteiger partial charge on any atom is 0.232 e. The molecule has 0 unspecified atom stereocenters. The van der Waals surface area contributed by atoms with Gasteiger partial charge in [0.2, 0.25) is 5.89 Å². The summed E-state index contributed by atoms with van der Waals surface area (Å²) in [6.07, 6.45) is 2.03. The second-order valence-electron chi connectivity index (χ2n) is 5.57. The van der Waals surface area contributed by atoms with E-state index >= 15 is 0 Å². The molecule has 6 heteroatoms. The van der Waals surface area contributed by atoms with Crippen LogP contribution in [0.4, 0.5) is 4.39 Å². The van der Waals surface area contributed by atoms with Crippen LogP contribution in [0, 0.1) is 5.82 Å². The van der Waals surface area contributed by atoms with Crippen molar-refractivity contribution in [3.63, 3.8) is 0 Å². The highest BCUT2D eigenvalue weighted by Crippen LogP contribution is 2.32. The molecule has 1 aromatic carbocycles. The quantitative estimate of drug-likeness (QED) is 0.879. The zero-order chi connectivity index (χ0) is 14.7. The first-order chi connectivity index (χ1) is 10.2. The summed E-state index contributed by atoms with van der Waals surface area (Å²) in [5.41, 5.74) is -0.0168. The van der Waals surface area contributed by atoms with E-state index in [4.69, 9.17) is 4.52 Å². The zero-order valence-corrected chi connectivity index (χ0v) is 12.8. The van der Waals surface area contributed by atoms with Gasteiger partial charge in [0.1, 0.15) is 5.82 Å². The highest BCUT2D eigenvalue weighted by atomic mass is 32.2. The maximum absolute atomic E-state index is 12.8. The van der Waals surface area contributed by atoms with E-state index in [1.54, 1.807) is 23.9 Å². The topological polar surface area (TPSA) is 51.0 Å². The van der Waals surface area contributed by atoms with Crippen molar-refractivity contribution < 1.29 is 8.91 Å².